The van der Waals surface area contributed by atoms with Gasteiger partial charge in [-0.05, 0) is 30.3 Å². The van der Waals surface area contributed by atoms with E-state index in [4.69, 9.17) is 9.84 Å². The van der Waals surface area contributed by atoms with Crippen LogP contribution in [0.2, 0.25) is 0 Å². The van der Waals surface area contributed by atoms with Crippen molar-refractivity contribution in [1.29, 1.82) is 0 Å². The van der Waals surface area contributed by atoms with Crippen LogP contribution in [-0.2, 0) is 0 Å². The molecule has 0 radical (unpaired) electrons. The first-order chi connectivity index (χ1) is 10.9. The first kappa shape index (κ1) is 16.0. The van der Waals surface area contributed by atoms with Crippen molar-refractivity contribution in [2.24, 2.45) is 0 Å². The quantitative estimate of drug-likeness (QED) is 0.646. The highest BCUT2D eigenvalue weighted by molar-refractivity contribution is 6.05. The number of amides is 1. The molecule has 1 amide bonds. The van der Waals surface area contributed by atoms with E-state index in [9.17, 15) is 19.7 Å². The van der Waals surface area contributed by atoms with Gasteiger partial charge in [0.25, 0.3) is 11.6 Å². The summed E-state index contributed by atoms with van der Waals surface area (Å²) >= 11 is 0. The van der Waals surface area contributed by atoms with Gasteiger partial charge in [-0.15, -0.1) is 0 Å². The van der Waals surface area contributed by atoms with Crippen molar-refractivity contribution < 1.29 is 24.4 Å². The number of hydrogen-bond donors (Lipinski definition) is 2. The third-order valence-electron chi connectivity index (χ3n) is 3.03. The van der Waals surface area contributed by atoms with Gasteiger partial charge in [0.05, 0.1) is 23.3 Å². The van der Waals surface area contributed by atoms with Crippen LogP contribution < -0.4 is 10.1 Å². The number of carboxylic acid groups (broad SMARTS) is 1. The van der Waals surface area contributed by atoms with E-state index < -0.39 is 16.8 Å². The summed E-state index contributed by atoms with van der Waals surface area (Å²) < 4.78 is 5.07. The molecule has 8 heteroatoms. The minimum Gasteiger partial charge on any atom is -0.495 e. The summed E-state index contributed by atoms with van der Waals surface area (Å²) in [6, 6.07) is 9.07. The van der Waals surface area contributed by atoms with Gasteiger partial charge >= 0.3 is 5.97 Å². The summed E-state index contributed by atoms with van der Waals surface area (Å²) in [4.78, 5) is 33.2. The van der Waals surface area contributed by atoms with E-state index in [-0.39, 0.29) is 22.5 Å². The zero-order chi connectivity index (χ0) is 17.0. The molecule has 0 aliphatic carbocycles. The minimum absolute atomic E-state index is 0.00944. The fraction of sp³-hybridized carbons (Fsp3) is 0.0667. The summed E-state index contributed by atoms with van der Waals surface area (Å²) in [5, 5.41) is 22.1. The number of rotatable bonds is 5. The number of hydrogen-bond acceptors (Lipinski definition) is 5. The second-order valence-electron chi connectivity index (χ2n) is 4.48. The molecule has 2 N–H and O–H groups in total. The smallest absolute Gasteiger partial charge is 0.335 e. The van der Waals surface area contributed by atoms with Gasteiger partial charge in [-0.3, -0.25) is 14.9 Å². The number of ether oxygens (including phenoxy) is 1. The number of benzene rings is 2. The molecule has 0 atom stereocenters. The fourth-order valence-corrected chi connectivity index (χ4v) is 1.87. The number of aromatic carboxylic acids is 1. The van der Waals surface area contributed by atoms with Gasteiger partial charge in [0.1, 0.15) is 5.75 Å². The molecule has 0 saturated heterocycles. The van der Waals surface area contributed by atoms with Gasteiger partial charge in [-0.1, -0.05) is 0 Å². The van der Waals surface area contributed by atoms with Gasteiger partial charge < -0.3 is 15.2 Å². The number of nitro groups is 1. The van der Waals surface area contributed by atoms with Crippen molar-refractivity contribution in [2.45, 2.75) is 0 Å². The molecule has 8 nitrogen and oxygen atoms in total. The Morgan fingerprint density at radius 1 is 1.13 bits per heavy atom. The molecule has 0 saturated carbocycles. The number of nitrogens with one attached hydrogen (secondary N) is 1. The summed E-state index contributed by atoms with van der Waals surface area (Å²) in [6.45, 7) is 0. The maximum atomic E-state index is 12.2. The van der Waals surface area contributed by atoms with Crippen LogP contribution >= 0.6 is 0 Å². The summed E-state index contributed by atoms with van der Waals surface area (Å²) in [7, 11) is 1.39. The molecule has 0 heterocycles. The third-order valence-corrected chi connectivity index (χ3v) is 3.03. The van der Waals surface area contributed by atoms with Crippen molar-refractivity contribution >= 4 is 23.3 Å². The highest BCUT2D eigenvalue weighted by Gasteiger charge is 2.14. The lowest BCUT2D eigenvalue weighted by atomic mass is 10.1. The molecule has 0 spiro atoms. The van der Waals surface area contributed by atoms with Crippen LogP contribution in [0.3, 0.4) is 0 Å². The fourth-order valence-electron chi connectivity index (χ4n) is 1.87. The number of non-ortho nitro benzene ring substituents is 1. The van der Waals surface area contributed by atoms with Crippen molar-refractivity contribution in [2.75, 3.05) is 12.4 Å². The maximum absolute atomic E-state index is 12.2. The predicted octanol–water partition coefficient (Wildman–Crippen LogP) is 2.55. The average Bonchev–Trinajstić information content (AvgIpc) is 2.54. The second-order valence-corrected chi connectivity index (χ2v) is 4.48. The number of carbonyl (C=O) groups is 2. The van der Waals surface area contributed by atoms with E-state index in [1.165, 1.54) is 49.6 Å². The zero-order valence-corrected chi connectivity index (χ0v) is 12.0. The van der Waals surface area contributed by atoms with E-state index in [0.717, 1.165) is 0 Å². The molecule has 2 aromatic rings. The molecular weight excluding hydrogens is 304 g/mol. The number of methoxy groups -OCH3 is 1. The van der Waals surface area contributed by atoms with E-state index in [1.54, 1.807) is 0 Å². The van der Waals surface area contributed by atoms with Gasteiger partial charge in [0.15, 0.2) is 0 Å². The number of nitro benzene ring substituents is 1. The van der Waals surface area contributed by atoms with E-state index in [1.807, 2.05) is 0 Å². The molecule has 2 aromatic carbocycles. The second kappa shape index (κ2) is 6.56. The predicted molar refractivity (Wildman–Crippen MR) is 81.0 cm³/mol. The van der Waals surface area contributed by atoms with E-state index >= 15 is 0 Å². The Hall–Kier alpha value is -3.42. The molecule has 2 rings (SSSR count). The Labute approximate surface area is 130 Å². The van der Waals surface area contributed by atoms with E-state index in [0.29, 0.717) is 5.75 Å². The molecule has 0 aliphatic heterocycles. The highest BCUT2D eigenvalue weighted by Crippen LogP contribution is 2.26. The molecular formula is C15H12N2O6. The SMILES string of the molecule is COc1ccc(C(=O)O)cc1NC(=O)c1ccc([N+](=O)[O-])cc1. The number of nitrogens with zero attached hydrogens (tertiary/aromatic N) is 1. The van der Waals surface area contributed by atoms with Gasteiger partial charge in [-0.25, -0.2) is 4.79 Å². The molecule has 118 valence electrons. The Bertz CT molecular complexity index is 770. The van der Waals surface area contributed by atoms with Gasteiger partial charge in [0.2, 0.25) is 0 Å². The Balaban J connectivity index is 2.26. The lowest BCUT2D eigenvalue weighted by molar-refractivity contribution is -0.384. The lowest BCUT2D eigenvalue weighted by Gasteiger charge is -2.11. The molecule has 0 aromatic heterocycles. The lowest BCUT2D eigenvalue weighted by Crippen LogP contribution is -2.13. The molecule has 0 aliphatic rings. The number of carboxylic acids is 1. The first-order valence-electron chi connectivity index (χ1n) is 6.39. The maximum Gasteiger partial charge on any atom is 0.335 e. The Morgan fingerprint density at radius 3 is 2.26 bits per heavy atom. The Morgan fingerprint density at radius 2 is 1.74 bits per heavy atom. The largest absolute Gasteiger partial charge is 0.495 e. The van der Waals surface area contributed by atoms with E-state index in [2.05, 4.69) is 5.32 Å². The summed E-state index contributed by atoms with van der Waals surface area (Å²) in [6.07, 6.45) is 0. The first-order valence-corrected chi connectivity index (χ1v) is 6.39. The van der Waals surface area contributed by atoms with Crippen molar-refractivity contribution in [3.8, 4) is 5.75 Å². The average molecular weight is 316 g/mol. The van der Waals surface area contributed by atoms with Crippen molar-refractivity contribution in [3.05, 3.63) is 63.7 Å². The normalized spacial score (nSPS) is 9.96. The number of anilines is 1. The number of carbonyl (C=O) groups excluding carboxylic acids is 1. The molecule has 0 fully saturated rings. The highest BCUT2D eigenvalue weighted by atomic mass is 16.6. The summed E-state index contributed by atoms with van der Waals surface area (Å²) in [5.74, 6) is -1.38. The third kappa shape index (κ3) is 3.62. The van der Waals surface area contributed by atoms with Crippen molar-refractivity contribution in [3.63, 3.8) is 0 Å². The minimum atomic E-state index is -1.14. The van der Waals surface area contributed by atoms with Crippen LogP contribution in [0.1, 0.15) is 20.7 Å². The van der Waals surface area contributed by atoms with Crippen LogP contribution in [0, 0.1) is 10.1 Å². The van der Waals surface area contributed by atoms with Crippen LogP contribution in [-0.4, -0.2) is 29.0 Å². The van der Waals surface area contributed by atoms with Gasteiger partial charge in [0, 0.05) is 17.7 Å². The standard InChI is InChI=1S/C15H12N2O6/c1-23-13-7-4-10(15(19)20)8-12(13)16-14(18)9-2-5-11(6-3-9)17(21)22/h2-8H,1H3,(H,16,18)(H,19,20). The van der Waals surface area contributed by atoms with Crippen LogP contribution in [0.5, 0.6) is 5.75 Å². The summed E-state index contributed by atoms with van der Waals surface area (Å²) in [5.41, 5.74) is 0.242. The monoisotopic (exact) mass is 316 g/mol. The van der Waals surface area contributed by atoms with Crippen LogP contribution in [0.4, 0.5) is 11.4 Å². The molecule has 0 unspecified atom stereocenters. The zero-order valence-electron chi connectivity index (χ0n) is 12.0. The van der Waals surface area contributed by atoms with Crippen molar-refractivity contribution in [1.82, 2.24) is 0 Å². The van der Waals surface area contributed by atoms with Gasteiger partial charge in [-0.2, -0.15) is 0 Å². The van der Waals surface area contributed by atoms with Crippen LogP contribution in [0.15, 0.2) is 42.5 Å². The Kier molecular flexibility index (Phi) is 4.55. The topological polar surface area (TPSA) is 119 Å². The molecule has 23 heavy (non-hydrogen) atoms. The molecule has 0 bridgehead atoms. The van der Waals surface area contributed by atoms with Crippen LogP contribution in [0.25, 0.3) is 0 Å².